The quantitative estimate of drug-likeness (QED) is 0.752. The van der Waals surface area contributed by atoms with Gasteiger partial charge in [-0.15, -0.1) is 0 Å². The lowest BCUT2D eigenvalue weighted by atomic mass is 9.94. The topological polar surface area (TPSA) is 44.1 Å². The zero-order valence-electron chi connectivity index (χ0n) is 12.1. The molecule has 1 aliphatic carbocycles. The van der Waals surface area contributed by atoms with E-state index >= 15 is 0 Å². The molecule has 0 aromatic heterocycles. The molecule has 0 aromatic carbocycles. The lowest BCUT2D eigenvalue weighted by Crippen LogP contribution is -2.45. The van der Waals surface area contributed by atoms with E-state index in [9.17, 15) is 10.1 Å². The fourth-order valence-electron chi connectivity index (χ4n) is 2.70. The Morgan fingerprint density at radius 2 is 1.83 bits per heavy atom. The number of rotatable bonds is 5. The SMILES string of the molecule is CC(C)CN(C(=O)C(C#N)C(C)C)C1CCCC1. The van der Waals surface area contributed by atoms with Crippen LogP contribution in [0.15, 0.2) is 0 Å². The number of nitriles is 1. The molecule has 1 rings (SSSR count). The van der Waals surface area contributed by atoms with Crippen LogP contribution in [0, 0.1) is 29.1 Å². The van der Waals surface area contributed by atoms with Gasteiger partial charge < -0.3 is 4.90 Å². The summed E-state index contributed by atoms with van der Waals surface area (Å²) in [6, 6.07) is 2.56. The van der Waals surface area contributed by atoms with Crippen molar-refractivity contribution in [1.29, 1.82) is 5.26 Å². The van der Waals surface area contributed by atoms with Crippen LogP contribution in [0.25, 0.3) is 0 Å². The van der Waals surface area contributed by atoms with Gasteiger partial charge in [-0.3, -0.25) is 4.79 Å². The molecular weight excluding hydrogens is 224 g/mol. The molecule has 0 bridgehead atoms. The van der Waals surface area contributed by atoms with Gasteiger partial charge in [-0.25, -0.2) is 0 Å². The summed E-state index contributed by atoms with van der Waals surface area (Å²) < 4.78 is 0. The van der Waals surface area contributed by atoms with Crippen molar-refractivity contribution in [3.8, 4) is 6.07 Å². The highest BCUT2D eigenvalue weighted by atomic mass is 16.2. The number of amides is 1. The molecule has 1 atom stereocenters. The minimum atomic E-state index is -0.482. The van der Waals surface area contributed by atoms with E-state index in [1.165, 1.54) is 12.8 Å². The first-order valence-electron chi connectivity index (χ1n) is 7.17. The highest BCUT2D eigenvalue weighted by Crippen LogP contribution is 2.27. The molecule has 3 nitrogen and oxygen atoms in total. The third-order valence-corrected chi connectivity index (χ3v) is 3.68. The molecule has 1 unspecified atom stereocenters. The fourth-order valence-corrected chi connectivity index (χ4v) is 2.70. The molecule has 1 saturated carbocycles. The van der Waals surface area contributed by atoms with E-state index in [-0.39, 0.29) is 11.8 Å². The summed E-state index contributed by atoms with van der Waals surface area (Å²) >= 11 is 0. The first-order chi connectivity index (χ1) is 8.47. The predicted molar refractivity (Wildman–Crippen MR) is 72.7 cm³/mol. The summed E-state index contributed by atoms with van der Waals surface area (Å²) in [5.41, 5.74) is 0. The number of carbonyl (C=O) groups is 1. The smallest absolute Gasteiger partial charge is 0.240 e. The summed E-state index contributed by atoms with van der Waals surface area (Å²) in [6.45, 7) is 8.95. The van der Waals surface area contributed by atoms with Crippen LogP contribution in [0.3, 0.4) is 0 Å². The Morgan fingerprint density at radius 1 is 1.28 bits per heavy atom. The number of hydrogen-bond donors (Lipinski definition) is 0. The van der Waals surface area contributed by atoms with Crippen molar-refractivity contribution in [2.75, 3.05) is 6.54 Å². The minimum absolute atomic E-state index is 0.0492. The molecule has 102 valence electrons. The lowest BCUT2D eigenvalue weighted by Gasteiger charge is -2.33. The Balaban J connectivity index is 2.81. The molecule has 3 heteroatoms. The van der Waals surface area contributed by atoms with Crippen LogP contribution in [-0.4, -0.2) is 23.4 Å². The van der Waals surface area contributed by atoms with Gasteiger partial charge in [0.15, 0.2) is 0 Å². The Bertz CT molecular complexity index is 311. The van der Waals surface area contributed by atoms with Crippen molar-refractivity contribution < 1.29 is 4.79 Å². The molecule has 1 amide bonds. The highest BCUT2D eigenvalue weighted by Gasteiger charge is 2.33. The van der Waals surface area contributed by atoms with Crippen molar-refractivity contribution in [1.82, 2.24) is 4.90 Å². The Morgan fingerprint density at radius 3 is 2.22 bits per heavy atom. The minimum Gasteiger partial charge on any atom is -0.338 e. The third kappa shape index (κ3) is 3.73. The molecule has 0 spiro atoms. The van der Waals surface area contributed by atoms with Gasteiger partial charge in [0, 0.05) is 12.6 Å². The molecule has 0 aliphatic heterocycles. The zero-order valence-corrected chi connectivity index (χ0v) is 12.1. The fraction of sp³-hybridized carbons (Fsp3) is 0.867. The number of hydrogen-bond acceptors (Lipinski definition) is 2. The van der Waals surface area contributed by atoms with Crippen molar-refractivity contribution >= 4 is 5.91 Å². The van der Waals surface area contributed by atoms with Crippen LogP contribution < -0.4 is 0 Å². The lowest BCUT2D eigenvalue weighted by molar-refractivity contribution is -0.137. The highest BCUT2D eigenvalue weighted by molar-refractivity contribution is 5.81. The normalized spacial score (nSPS) is 18.1. The summed E-state index contributed by atoms with van der Waals surface area (Å²) in [7, 11) is 0. The Kier molecular flexibility index (Phi) is 5.65. The maximum atomic E-state index is 12.5. The van der Waals surface area contributed by atoms with Crippen LogP contribution in [0.5, 0.6) is 0 Å². The first-order valence-corrected chi connectivity index (χ1v) is 7.17. The van der Waals surface area contributed by atoms with E-state index in [2.05, 4.69) is 19.9 Å². The maximum absolute atomic E-state index is 12.5. The second kappa shape index (κ2) is 6.78. The maximum Gasteiger partial charge on any atom is 0.240 e. The summed E-state index contributed by atoms with van der Waals surface area (Å²) in [6.07, 6.45) is 4.64. The monoisotopic (exact) mass is 250 g/mol. The van der Waals surface area contributed by atoms with Crippen LogP contribution in [0.2, 0.25) is 0 Å². The van der Waals surface area contributed by atoms with E-state index in [4.69, 9.17) is 0 Å². The van der Waals surface area contributed by atoms with Crippen molar-refractivity contribution in [2.24, 2.45) is 17.8 Å². The largest absolute Gasteiger partial charge is 0.338 e. The average Bonchev–Trinajstić information content (AvgIpc) is 2.79. The molecule has 18 heavy (non-hydrogen) atoms. The van der Waals surface area contributed by atoms with Crippen molar-refractivity contribution in [2.45, 2.75) is 59.4 Å². The van der Waals surface area contributed by atoms with E-state index in [1.54, 1.807) is 0 Å². The second-order valence-corrected chi connectivity index (χ2v) is 6.17. The van der Waals surface area contributed by atoms with Gasteiger partial charge >= 0.3 is 0 Å². The molecule has 0 radical (unpaired) electrons. The zero-order chi connectivity index (χ0) is 13.7. The molecule has 0 saturated heterocycles. The van der Waals surface area contributed by atoms with E-state index in [1.807, 2.05) is 18.7 Å². The summed E-state index contributed by atoms with van der Waals surface area (Å²) in [5.74, 6) is 0.122. The predicted octanol–water partition coefficient (Wildman–Crippen LogP) is 3.21. The van der Waals surface area contributed by atoms with Gasteiger partial charge in [0.1, 0.15) is 5.92 Å². The van der Waals surface area contributed by atoms with Gasteiger partial charge in [-0.2, -0.15) is 5.26 Å². The molecule has 0 aromatic rings. The van der Waals surface area contributed by atoms with Crippen molar-refractivity contribution in [3.63, 3.8) is 0 Å². The molecule has 0 N–H and O–H groups in total. The second-order valence-electron chi connectivity index (χ2n) is 6.17. The van der Waals surface area contributed by atoms with Gasteiger partial charge in [-0.1, -0.05) is 40.5 Å². The van der Waals surface area contributed by atoms with Gasteiger partial charge in [-0.05, 0) is 24.7 Å². The van der Waals surface area contributed by atoms with Crippen LogP contribution in [0.4, 0.5) is 0 Å². The third-order valence-electron chi connectivity index (χ3n) is 3.68. The van der Waals surface area contributed by atoms with Crippen LogP contribution in [-0.2, 0) is 4.79 Å². The van der Waals surface area contributed by atoms with Gasteiger partial charge in [0.05, 0.1) is 6.07 Å². The van der Waals surface area contributed by atoms with Gasteiger partial charge in [0.2, 0.25) is 5.91 Å². The molecule has 1 fully saturated rings. The van der Waals surface area contributed by atoms with E-state index in [0.29, 0.717) is 12.0 Å². The van der Waals surface area contributed by atoms with Crippen LogP contribution in [0.1, 0.15) is 53.4 Å². The van der Waals surface area contributed by atoms with E-state index < -0.39 is 5.92 Å². The number of carbonyl (C=O) groups excluding carboxylic acids is 1. The Hall–Kier alpha value is -1.04. The molecule has 0 heterocycles. The summed E-state index contributed by atoms with van der Waals surface area (Å²) in [5, 5.41) is 9.20. The van der Waals surface area contributed by atoms with Crippen LogP contribution >= 0.6 is 0 Å². The van der Waals surface area contributed by atoms with Crippen molar-refractivity contribution in [3.05, 3.63) is 0 Å². The standard InChI is InChI=1S/C15H26N2O/c1-11(2)10-17(13-7-5-6-8-13)15(18)14(9-16)12(3)4/h11-14H,5-8,10H2,1-4H3. The first kappa shape index (κ1) is 15.0. The Labute approximate surface area is 111 Å². The van der Waals surface area contributed by atoms with Gasteiger partial charge in [0.25, 0.3) is 0 Å². The number of nitrogens with zero attached hydrogens (tertiary/aromatic N) is 2. The average molecular weight is 250 g/mol. The van der Waals surface area contributed by atoms with E-state index in [0.717, 1.165) is 19.4 Å². The molecule has 1 aliphatic rings. The molecular formula is C15H26N2O. The summed E-state index contributed by atoms with van der Waals surface area (Å²) in [4.78, 5) is 14.5.